The summed E-state index contributed by atoms with van der Waals surface area (Å²) >= 11 is 0. The molecule has 7 heteroatoms. The summed E-state index contributed by atoms with van der Waals surface area (Å²) in [6.45, 7) is 12.5. The Balaban J connectivity index is 1.97. The summed E-state index contributed by atoms with van der Waals surface area (Å²) in [5.74, 6) is 2.09. The van der Waals surface area contributed by atoms with E-state index in [2.05, 4.69) is 46.3 Å². The fourth-order valence-corrected chi connectivity index (χ4v) is 3.22. The molecule has 1 aliphatic rings. The van der Waals surface area contributed by atoms with Crippen LogP contribution >= 0.6 is 0 Å². The number of methoxy groups -OCH3 is 1. The number of nitrogens with one attached hydrogen (secondary N) is 2. The minimum atomic E-state index is 0.479. The SMILES string of the molecule is CCNC(=NCc1cccc(OC)n1)NCC(CC(C)C)N1CCOCC1. The molecule has 1 saturated heterocycles. The number of morpholine rings is 1. The van der Waals surface area contributed by atoms with E-state index in [0.717, 1.165) is 57.5 Å². The van der Waals surface area contributed by atoms with Crippen LogP contribution in [-0.2, 0) is 11.3 Å². The molecule has 0 aliphatic carbocycles. The summed E-state index contributed by atoms with van der Waals surface area (Å²) in [5.41, 5.74) is 0.887. The lowest BCUT2D eigenvalue weighted by atomic mass is 10.0. The fourth-order valence-electron chi connectivity index (χ4n) is 3.22. The van der Waals surface area contributed by atoms with Crippen LogP contribution in [0.1, 0.15) is 32.9 Å². The lowest BCUT2D eigenvalue weighted by molar-refractivity contribution is 0.0132. The van der Waals surface area contributed by atoms with Crippen molar-refractivity contribution in [1.29, 1.82) is 0 Å². The van der Waals surface area contributed by atoms with E-state index in [1.165, 1.54) is 0 Å². The third-order valence-electron chi connectivity index (χ3n) is 4.54. The molecule has 1 aromatic rings. The summed E-state index contributed by atoms with van der Waals surface area (Å²) < 4.78 is 10.7. The minimum absolute atomic E-state index is 0.479. The van der Waals surface area contributed by atoms with Gasteiger partial charge >= 0.3 is 0 Å². The predicted molar refractivity (Wildman–Crippen MR) is 109 cm³/mol. The van der Waals surface area contributed by atoms with Gasteiger partial charge in [0.2, 0.25) is 5.88 Å². The zero-order valence-electron chi connectivity index (χ0n) is 17.2. The number of nitrogens with zero attached hydrogens (tertiary/aromatic N) is 3. The summed E-state index contributed by atoms with van der Waals surface area (Å²) in [6.07, 6.45) is 1.16. The summed E-state index contributed by atoms with van der Waals surface area (Å²) in [6, 6.07) is 6.22. The molecule has 0 saturated carbocycles. The van der Waals surface area contributed by atoms with E-state index in [4.69, 9.17) is 9.47 Å². The van der Waals surface area contributed by atoms with Crippen LogP contribution in [-0.4, -0.2) is 68.4 Å². The van der Waals surface area contributed by atoms with Crippen LogP contribution < -0.4 is 15.4 Å². The highest BCUT2D eigenvalue weighted by atomic mass is 16.5. The number of rotatable bonds is 9. The highest BCUT2D eigenvalue weighted by Crippen LogP contribution is 2.13. The van der Waals surface area contributed by atoms with Gasteiger partial charge < -0.3 is 20.1 Å². The van der Waals surface area contributed by atoms with E-state index in [0.29, 0.717) is 24.4 Å². The second kappa shape index (κ2) is 11.8. The zero-order chi connectivity index (χ0) is 19.5. The van der Waals surface area contributed by atoms with Gasteiger partial charge in [0.05, 0.1) is 32.6 Å². The number of aromatic nitrogens is 1. The third kappa shape index (κ3) is 7.72. The first-order valence-electron chi connectivity index (χ1n) is 9.96. The Kier molecular flexibility index (Phi) is 9.35. The molecule has 152 valence electrons. The Labute approximate surface area is 163 Å². The first kappa shape index (κ1) is 21.4. The number of pyridine rings is 1. The van der Waals surface area contributed by atoms with Crippen molar-refractivity contribution in [2.45, 2.75) is 39.8 Å². The fraction of sp³-hybridized carbons (Fsp3) is 0.700. The summed E-state index contributed by atoms with van der Waals surface area (Å²) in [7, 11) is 1.63. The van der Waals surface area contributed by atoms with E-state index in [9.17, 15) is 0 Å². The van der Waals surface area contributed by atoms with Gasteiger partial charge in [-0.1, -0.05) is 19.9 Å². The number of hydrogen-bond donors (Lipinski definition) is 2. The van der Waals surface area contributed by atoms with Crippen molar-refractivity contribution in [1.82, 2.24) is 20.5 Å². The molecule has 1 aliphatic heterocycles. The zero-order valence-corrected chi connectivity index (χ0v) is 17.2. The largest absolute Gasteiger partial charge is 0.481 e. The molecule has 1 aromatic heterocycles. The van der Waals surface area contributed by atoms with Crippen LogP contribution in [0.15, 0.2) is 23.2 Å². The Hall–Kier alpha value is -1.86. The van der Waals surface area contributed by atoms with E-state index in [1.54, 1.807) is 7.11 Å². The van der Waals surface area contributed by atoms with Crippen molar-refractivity contribution in [3.05, 3.63) is 23.9 Å². The van der Waals surface area contributed by atoms with Gasteiger partial charge in [-0.25, -0.2) is 9.98 Å². The molecular weight excluding hydrogens is 342 g/mol. The van der Waals surface area contributed by atoms with Crippen LogP contribution in [0, 0.1) is 5.92 Å². The number of aliphatic imine (C=N–C) groups is 1. The van der Waals surface area contributed by atoms with E-state index in [-0.39, 0.29) is 0 Å². The minimum Gasteiger partial charge on any atom is -0.481 e. The highest BCUT2D eigenvalue weighted by molar-refractivity contribution is 5.79. The van der Waals surface area contributed by atoms with Crippen molar-refractivity contribution in [2.24, 2.45) is 10.9 Å². The molecule has 1 atom stereocenters. The van der Waals surface area contributed by atoms with Gasteiger partial charge in [0.25, 0.3) is 0 Å². The quantitative estimate of drug-likeness (QED) is 0.506. The van der Waals surface area contributed by atoms with Gasteiger partial charge in [-0.3, -0.25) is 4.90 Å². The maximum Gasteiger partial charge on any atom is 0.213 e. The molecule has 2 rings (SSSR count). The Morgan fingerprint density at radius 2 is 2.07 bits per heavy atom. The molecular formula is C20H35N5O2. The van der Waals surface area contributed by atoms with E-state index in [1.807, 2.05) is 18.2 Å². The summed E-state index contributed by atoms with van der Waals surface area (Å²) in [4.78, 5) is 11.6. The molecule has 0 bridgehead atoms. The van der Waals surface area contributed by atoms with Crippen molar-refractivity contribution in [2.75, 3.05) is 46.5 Å². The van der Waals surface area contributed by atoms with Crippen molar-refractivity contribution >= 4 is 5.96 Å². The van der Waals surface area contributed by atoms with E-state index < -0.39 is 0 Å². The lowest BCUT2D eigenvalue weighted by Gasteiger charge is -2.35. The molecule has 1 fully saturated rings. The Morgan fingerprint density at radius 3 is 2.74 bits per heavy atom. The monoisotopic (exact) mass is 377 g/mol. The molecule has 2 N–H and O–H groups in total. The number of guanidine groups is 1. The highest BCUT2D eigenvalue weighted by Gasteiger charge is 2.22. The standard InChI is InChI=1S/C20H35N5O2/c1-5-21-20(22-14-17-7-6-8-19(24-17)26-4)23-15-18(13-16(2)3)25-9-11-27-12-10-25/h6-8,16,18H,5,9-15H2,1-4H3,(H2,21,22,23). The average molecular weight is 378 g/mol. The van der Waals surface area contributed by atoms with Gasteiger partial charge in [0.1, 0.15) is 0 Å². The molecule has 0 amide bonds. The smallest absolute Gasteiger partial charge is 0.213 e. The van der Waals surface area contributed by atoms with Gasteiger partial charge in [-0.2, -0.15) is 0 Å². The van der Waals surface area contributed by atoms with Gasteiger partial charge in [0, 0.05) is 38.3 Å². The van der Waals surface area contributed by atoms with Crippen molar-refractivity contribution in [3.63, 3.8) is 0 Å². The Bertz CT molecular complexity index is 573. The molecule has 1 unspecified atom stereocenters. The van der Waals surface area contributed by atoms with Crippen molar-refractivity contribution < 1.29 is 9.47 Å². The van der Waals surface area contributed by atoms with Crippen LogP contribution in [0.25, 0.3) is 0 Å². The molecule has 7 nitrogen and oxygen atoms in total. The summed E-state index contributed by atoms with van der Waals surface area (Å²) in [5, 5.41) is 6.85. The molecule has 0 spiro atoms. The topological polar surface area (TPSA) is 71.0 Å². The van der Waals surface area contributed by atoms with Crippen LogP contribution in [0.5, 0.6) is 5.88 Å². The van der Waals surface area contributed by atoms with Crippen LogP contribution in [0.4, 0.5) is 0 Å². The van der Waals surface area contributed by atoms with E-state index >= 15 is 0 Å². The van der Waals surface area contributed by atoms with Gasteiger partial charge in [0.15, 0.2) is 5.96 Å². The molecule has 0 aromatic carbocycles. The predicted octanol–water partition coefficient (Wildman–Crippen LogP) is 1.89. The normalized spacial score (nSPS) is 17.0. The average Bonchev–Trinajstić information content (AvgIpc) is 2.69. The van der Waals surface area contributed by atoms with Gasteiger partial charge in [-0.05, 0) is 25.3 Å². The first-order valence-corrected chi connectivity index (χ1v) is 9.96. The van der Waals surface area contributed by atoms with Crippen LogP contribution in [0.2, 0.25) is 0 Å². The maximum absolute atomic E-state index is 5.51. The number of hydrogen-bond acceptors (Lipinski definition) is 5. The first-order chi connectivity index (χ1) is 13.1. The van der Waals surface area contributed by atoms with Gasteiger partial charge in [-0.15, -0.1) is 0 Å². The lowest BCUT2D eigenvalue weighted by Crippen LogP contribution is -2.51. The van der Waals surface area contributed by atoms with Crippen LogP contribution in [0.3, 0.4) is 0 Å². The second-order valence-corrected chi connectivity index (χ2v) is 7.18. The Morgan fingerprint density at radius 1 is 1.30 bits per heavy atom. The molecule has 2 heterocycles. The third-order valence-corrected chi connectivity index (χ3v) is 4.54. The molecule has 0 radical (unpaired) electrons. The van der Waals surface area contributed by atoms with Crippen molar-refractivity contribution in [3.8, 4) is 5.88 Å². The molecule has 27 heavy (non-hydrogen) atoms. The second-order valence-electron chi connectivity index (χ2n) is 7.18. The maximum atomic E-state index is 5.51. The number of ether oxygens (including phenoxy) is 2.